The molecule has 9 heteroatoms. The molecule has 3 aromatic heterocycles. The Bertz CT molecular complexity index is 788. The number of oxazole rings is 2. The van der Waals surface area contributed by atoms with Crippen LogP contribution in [0.4, 0.5) is 4.79 Å². The van der Waals surface area contributed by atoms with E-state index in [0.717, 1.165) is 38.2 Å². The van der Waals surface area contributed by atoms with Gasteiger partial charge in [-0.05, 0) is 25.0 Å². The van der Waals surface area contributed by atoms with Crippen LogP contribution in [0.25, 0.3) is 0 Å². The second-order valence-corrected chi connectivity index (χ2v) is 6.89. The SMILES string of the molecule is O=C(NC1CCN(Cc2ccco2)CC1)N(Cc1cocn1)Cc1cocn1. The number of amides is 2. The number of carbonyl (C=O) groups excluding carboxylic acids is 1. The summed E-state index contributed by atoms with van der Waals surface area (Å²) >= 11 is 0. The molecule has 1 fully saturated rings. The van der Waals surface area contributed by atoms with E-state index in [1.54, 1.807) is 11.2 Å². The Hall–Kier alpha value is -3.07. The first kappa shape index (κ1) is 18.3. The van der Waals surface area contributed by atoms with Gasteiger partial charge in [-0.1, -0.05) is 0 Å². The number of furan rings is 1. The van der Waals surface area contributed by atoms with Gasteiger partial charge < -0.3 is 23.5 Å². The monoisotopic (exact) mass is 385 g/mol. The molecule has 4 heterocycles. The summed E-state index contributed by atoms with van der Waals surface area (Å²) < 4.78 is 15.5. The summed E-state index contributed by atoms with van der Waals surface area (Å²) in [4.78, 5) is 25.1. The maximum atomic E-state index is 12.9. The van der Waals surface area contributed by atoms with Gasteiger partial charge in [-0.25, -0.2) is 14.8 Å². The molecule has 1 saturated heterocycles. The number of likely N-dealkylation sites (tertiary alicyclic amines) is 1. The average molecular weight is 385 g/mol. The van der Waals surface area contributed by atoms with Gasteiger partial charge in [0.15, 0.2) is 12.8 Å². The predicted molar refractivity (Wildman–Crippen MR) is 97.8 cm³/mol. The van der Waals surface area contributed by atoms with E-state index in [9.17, 15) is 4.79 Å². The molecule has 0 saturated carbocycles. The van der Waals surface area contributed by atoms with Crippen molar-refractivity contribution in [3.05, 3.63) is 60.9 Å². The van der Waals surface area contributed by atoms with E-state index in [2.05, 4.69) is 20.2 Å². The number of hydrogen-bond donors (Lipinski definition) is 1. The van der Waals surface area contributed by atoms with Crippen molar-refractivity contribution in [2.45, 2.75) is 38.5 Å². The first-order valence-corrected chi connectivity index (χ1v) is 9.30. The molecule has 0 spiro atoms. The van der Waals surface area contributed by atoms with E-state index in [1.165, 1.54) is 25.3 Å². The number of rotatable bonds is 7. The quantitative estimate of drug-likeness (QED) is 0.667. The zero-order valence-corrected chi connectivity index (χ0v) is 15.5. The lowest BCUT2D eigenvalue weighted by molar-refractivity contribution is 0.160. The molecule has 0 aromatic carbocycles. The van der Waals surface area contributed by atoms with Crippen molar-refractivity contribution in [3.8, 4) is 0 Å². The van der Waals surface area contributed by atoms with Crippen molar-refractivity contribution in [2.75, 3.05) is 13.1 Å². The molecular weight excluding hydrogens is 362 g/mol. The highest BCUT2D eigenvalue weighted by atomic mass is 16.3. The minimum atomic E-state index is -0.143. The van der Waals surface area contributed by atoms with Crippen LogP contribution in [-0.4, -0.2) is 44.9 Å². The lowest BCUT2D eigenvalue weighted by Gasteiger charge is -2.33. The van der Waals surface area contributed by atoms with Gasteiger partial charge in [0.25, 0.3) is 0 Å². The fourth-order valence-electron chi connectivity index (χ4n) is 3.35. The van der Waals surface area contributed by atoms with Crippen molar-refractivity contribution in [2.24, 2.45) is 0 Å². The second kappa shape index (κ2) is 8.75. The lowest BCUT2D eigenvalue weighted by Crippen LogP contribution is -2.48. The van der Waals surface area contributed by atoms with Gasteiger partial charge in [-0.2, -0.15) is 0 Å². The summed E-state index contributed by atoms with van der Waals surface area (Å²) in [5, 5.41) is 3.14. The number of hydrogen-bond acceptors (Lipinski definition) is 7. The van der Waals surface area contributed by atoms with E-state index in [0.29, 0.717) is 24.5 Å². The summed E-state index contributed by atoms with van der Waals surface area (Å²) in [6, 6.07) is 3.88. The number of nitrogens with zero attached hydrogens (tertiary/aromatic N) is 4. The number of urea groups is 1. The fraction of sp³-hybridized carbons (Fsp3) is 0.421. The molecule has 4 rings (SSSR count). The van der Waals surface area contributed by atoms with Crippen LogP contribution in [0.1, 0.15) is 30.0 Å². The average Bonchev–Trinajstić information content (AvgIpc) is 3.47. The number of nitrogens with one attached hydrogen (secondary N) is 1. The standard InChI is InChI=1S/C19H23N5O4/c25-19(22-15-3-5-23(6-4-15)10-18-2-1-7-28-18)24(8-16-11-26-13-20-16)9-17-12-27-14-21-17/h1-2,7,11-15H,3-6,8-10H2,(H,22,25). The Labute approximate surface area is 162 Å². The fourth-order valence-corrected chi connectivity index (χ4v) is 3.35. The van der Waals surface area contributed by atoms with Crippen LogP contribution in [0.3, 0.4) is 0 Å². The van der Waals surface area contributed by atoms with Gasteiger partial charge >= 0.3 is 6.03 Å². The van der Waals surface area contributed by atoms with E-state index in [4.69, 9.17) is 13.3 Å². The van der Waals surface area contributed by atoms with Crippen LogP contribution in [0.15, 0.2) is 57.0 Å². The van der Waals surface area contributed by atoms with Gasteiger partial charge in [0.2, 0.25) is 0 Å². The molecule has 0 atom stereocenters. The maximum Gasteiger partial charge on any atom is 0.318 e. The third kappa shape index (κ3) is 4.80. The lowest BCUT2D eigenvalue weighted by atomic mass is 10.1. The third-order valence-corrected chi connectivity index (χ3v) is 4.83. The Kier molecular flexibility index (Phi) is 5.72. The smallest absolute Gasteiger partial charge is 0.318 e. The van der Waals surface area contributed by atoms with E-state index in [1.807, 2.05) is 12.1 Å². The van der Waals surface area contributed by atoms with Gasteiger partial charge in [0, 0.05) is 19.1 Å². The first-order valence-electron chi connectivity index (χ1n) is 9.30. The molecule has 0 bridgehead atoms. The summed E-state index contributed by atoms with van der Waals surface area (Å²) in [6.07, 6.45) is 9.28. The van der Waals surface area contributed by atoms with Gasteiger partial charge in [0.1, 0.15) is 18.3 Å². The largest absolute Gasteiger partial charge is 0.468 e. The molecule has 1 aliphatic rings. The first-order chi connectivity index (χ1) is 13.8. The third-order valence-electron chi connectivity index (χ3n) is 4.83. The Morgan fingerprint density at radius 2 is 1.82 bits per heavy atom. The topological polar surface area (TPSA) is 101 Å². The summed E-state index contributed by atoms with van der Waals surface area (Å²) in [5.74, 6) is 0.967. The minimum Gasteiger partial charge on any atom is -0.468 e. The van der Waals surface area contributed by atoms with Crippen LogP contribution < -0.4 is 5.32 Å². The van der Waals surface area contributed by atoms with Gasteiger partial charge in [-0.15, -0.1) is 0 Å². The number of aromatic nitrogens is 2. The van der Waals surface area contributed by atoms with E-state index in [-0.39, 0.29) is 12.1 Å². The Balaban J connectivity index is 1.31. The van der Waals surface area contributed by atoms with E-state index >= 15 is 0 Å². The molecule has 2 amide bonds. The summed E-state index contributed by atoms with van der Waals surface area (Å²) in [6.45, 7) is 3.31. The molecule has 28 heavy (non-hydrogen) atoms. The zero-order chi connectivity index (χ0) is 19.2. The van der Waals surface area contributed by atoms with Crippen LogP contribution >= 0.6 is 0 Å². The van der Waals surface area contributed by atoms with Crippen molar-refractivity contribution in [1.29, 1.82) is 0 Å². The zero-order valence-electron chi connectivity index (χ0n) is 15.5. The highest BCUT2D eigenvalue weighted by molar-refractivity contribution is 5.74. The molecular formula is C19H23N5O4. The molecule has 9 nitrogen and oxygen atoms in total. The predicted octanol–water partition coefficient (Wildman–Crippen LogP) is 2.63. The summed E-state index contributed by atoms with van der Waals surface area (Å²) in [7, 11) is 0. The van der Waals surface area contributed by atoms with Crippen LogP contribution in [-0.2, 0) is 19.6 Å². The Morgan fingerprint density at radius 1 is 1.14 bits per heavy atom. The molecule has 3 aromatic rings. The van der Waals surface area contributed by atoms with Gasteiger partial charge in [-0.3, -0.25) is 4.90 Å². The summed E-state index contributed by atoms with van der Waals surface area (Å²) in [5.41, 5.74) is 1.37. The maximum absolute atomic E-state index is 12.9. The van der Waals surface area contributed by atoms with Crippen LogP contribution in [0.5, 0.6) is 0 Å². The van der Waals surface area contributed by atoms with Gasteiger partial charge in [0.05, 0.1) is 37.3 Å². The number of carbonyl (C=O) groups is 1. The van der Waals surface area contributed by atoms with E-state index < -0.39 is 0 Å². The molecule has 148 valence electrons. The van der Waals surface area contributed by atoms with Crippen molar-refractivity contribution in [3.63, 3.8) is 0 Å². The molecule has 0 aliphatic carbocycles. The molecule has 1 aliphatic heterocycles. The van der Waals surface area contributed by atoms with Crippen molar-refractivity contribution >= 4 is 6.03 Å². The second-order valence-electron chi connectivity index (χ2n) is 6.89. The van der Waals surface area contributed by atoms with Crippen molar-refractivity contribution < 1.29 is 18.0 Å². The van der Waals surface area contributed by atoms with Crippen LogP contribution in [0, 0.1) is 0 Å². The molecule has 1 N–H and O–H groups in total. The molecule has 0 radical (unpaired) electrons. The highest BCUT2D eigenvalue weighted by Crippen LogP contribution is 2.15. The molecule has 0 unspecified atom stereocenters. The highest BCUT2D eigenvalue weighted by Gasteiger charge is 2.24. The van der Waals surface area contributed by atoms with Crippen molar-refractivity contribution in [1.82, 2.24) is 25.1 Å². The minimum absolute atomic E-state index is 0.137. The normalized spacial score (nSPS) is 15.6. The Morgan fingerprint density at radius 3 is 2.36 bits per heavy atom. The van der Waals surface area contributed by atoms with Crippen LogP contribution in [0.2, 0.25) is 0 Å². The number of piperidine rings is 1.